The molecule has 0 radical (unpaired) electrons. The van der Waals surface area contributed by atoms with E-state index >= 15 is 0 Å². The number of amides is 2. The Labute approximate surface area is 118 Å². The minimum absolute atomic E-state index is 0.171. The Balaban J connectivity index is 1.72. The van der Waals surface area contributed by atoms with Gasteiger partial charge < -0.3 is 20.4 Å². The molecule has 1 aliphatic rings. The van der Waals surface area contributed by atoms with Gasteiger partial charge in [-0.25, -0.2) is 0 Å². The van der Waals surface area contributed by atoms with Gasteiger partial charge in [0, 0.05) is 6.54 Å². The van der Waals surface area contributed by atoms with E-state index < -0.39 is 6.04 Å². The second-order valence-electron chi connectivity index (χ2n) is 5.13. The Bertz CT molecular complexity index is 439. The van der Waals surface area contributed by atoms with Gasteiger partial charge in [-0.15, -0.1) is 0 Å². The molecule has 2 unspecified atom stereocenters. The Morgan fingerprint density at radius 2 is 2.40 bits per heavy atom. The molecule has 0 saturated carbocycles. The van der Waals surface area contributed by atoms with Gasteiger partial charge in [0.2, 0.25) is 5.91 Å². The van der Waals surface area contributed by atoms with Crippen LogP contribution in [0.15, 0.2) is 22.8 Å². The quantitative estimate of drug-likeness (QED) is 0.733. The van der Waals surface area contributed by atoms with Crippen molar-refractivity contribution < 1.29 is 14.0 Å². The van der Waals surface area contributed by atoms with Gasteiger partial charge in [0.15, 0.2) is 5.76 Å². The molecule has 1 aromatic heterocycles. The van der Waals surface area contributed by atoms with Crippen molar-refractivity contribution in [3.63, 3.8) is 0 Å². The topological polar surface area (TPSA) is 83.4 Å². The molecule has 3 N–H and O–H groups in total. The summed E-state index contributed by atoms with van der Waals surface area (Å²) in [6.07, 6.45) is 3.70. The molecule has 6 nitrogen and oxygen atoms in total. The molecule has 2 amide bonds. The first-order valence-corrected chi connectivity index (χ1v) is 6.99. The van der Waals surface area contributed by atoms with E-state index in [4.69, 9.17) is 4.42 Å². The van der Waals surface area contributed by atoms with Gasteiger partial charge in [-0.3, -0.25) is 9.59 Å². The van der Waals surface area contributed by atoms with Crippen LogP contribution in [-0.2, 0) is 4.79 Å². The SMILES string of the molecule is CC(NC(=O)c1ccco1)C(=O)NCC1CCCNC1. The number of carbonyl (C=O) groups is 2. The van der Waals surface area contributed by atoms with E-state index in [1.54, 1.807) is 19.1 Å². The zero-order valence-corrected chi connectivity index (χ0v) is 11.6. The van der Waals surface area contributed by atoms with Crippen LogP contribution in [0.4, 0.5) is 0 Å². The Morgan fingerprint density at radius 1 is 1.55 bits per heavy atom. The minimum atomic E-state index is -0.579. The van der Waals surface area contributed by atoms with Crippen LogP contribution in [0.3, 0.4) is 0 Å². The predicted molar refractivity (Wildman–Crippen MR) is 74.2 cm³/mol. The lowest BCUT2D eigenvalue weighted by Crippen LogP contribution is -2.47. The standard InChI is InChI=1S/C14H21N3O3/c1-10(17-14(19)12-5-3-7-20-12)13(18)16-9-11-4-2-6-15-8-11/h3,5,7,10-11,15H,2,4,6,8-9H2,1H3,(H,16,18)(H,17,19). The Hall–Kier alpha value is -1.82. The molecule has 110 valence electrons. The van der Waals surface area contributed by atoms with Gasteiger partial charge in [0.25, 0.3) is 5.91 Å². The molecule has 1 saturated heterocycles. The van der Waals surface area contributed by atoms with Crippen molar-refractivity contribution in [3.8, 4) is 0 Å². The normalized spacial score (nSPS) is 20.1. The van der Waals surface area contributed by atoms with Crippen LogP contribution in [0.5, 0.6) is 0 Å². The average Bonchev–Trinajstić information content (AvgIpc) is 3.00. The van der Waals surface area contributed by atoms with Gasteiger partial charge in [-0.2, -0.15) is 0 Å². The molecule has 20 heavy (non-hydrogen) atoms. The van der Waals surface area contributed by atoms with Crippen molar-refractivity contribution in [2.75, 3.05) is 19.6 Å². The molecule has 1 aliphatic heterocycles. The highest BCUT2D eigenvalue weighted by Crippen LogP contribution is 2.08. The maximum Gasteiger partial charge on any atom is 0.287 e. The number of carbonyl (C=O) groups excluding carboxylic acids is 2. The maximum absolute atomic E-state index is 11.9. The molecule has 0 aromatic carbocycles. The fourth-order valence-corrected chi connectivity index (χ4v) is 2.24. The van der Waals surface area contributed by atoms with Gasteiger partial charge in [-0.05, 0) is 50.9 Å². The van der Waals surface area contributed by atoms with Crippen molar-refractivity contribution in [1.82, 2.24) is 16.0 Å². The van der Waals surface area contributed by atoms with E-state index in [9.17, 15) is 9.59 Å². The molecule has 6 heteroatoms. The van der Waals surface area contributed by atoms with Crippen LogP contribution >= 0.6 is 0 Å². The average molecular weight is 279 g/mol. The molecular formula is C14H21N3O3. The molecule has 0 spiro atoms. The number of hydrogen-bond donors (Lipinski definition) is 3. The molecule has 1 fully saturated rings. The highest BCUT2D eigenvalue weighted by molar-refractivity contribution is 5.95. The highest BCUT2D eigenvalue weighted by atomic mass is 16.3. The summed E-state index contributed by atoms with van der Waals surface area (Å²) in [5.41, 5.74) is 0. The van der Waals surface area contributed by atoms with E-state index in [1.807, 2.05) is 0 Å². The summed E-state index contributed by atoms with van der Waals surface area (Å²) in [6.45, 7) is 4.30. The fourth-order valence-electron chi connectivity index (χ4n) is 2.24. The highest BCUT2D eigenvalue weighted by Gasteiger charge is 2.19. The third-order valence-electron chi connectivity index (χ3n) is 3.45. The molecule has 2 atom stereocenters. The molecule has 2 rings (SSSR count). The predicted octanol–water partition coefficient (Wildman–Crippen LogP) is 0.514. The fraction of sp³-hybridized carbons (Fsp3) is 0.571. The lowest BCUT2D eigenvalue weighted by molar-refractivity contribution is -0.122. The van der Waals surface area contributed by atoms with Gasteiger partial charge in [0.1, 0.15) is 6.04 Å². The molecule has 1 aromatic rings. The number of piperidine rings is 1. The number of rotatable bonds is 5. The second-order valence-corrected chi connectivity index (χ2v) is 5.13. The van der Waals surface area contributed by atoms with E-state index in [0.717, 1.165) is 25.9 Å². The second kappa shape index (κ2) is 7.09. The van der Waals surface area contributed by atoms with Gasteiger partial charge in [0.05, 0.1) is 6.26 Å². The third kappa shape index (κ3) is 4.09. The monoisotopic (exact) mass is 279 g/mol. The molecule has 0 aliphatic carbocycles. The van der Waals surface area contributed by atoms with E-state index in [1.165, 1.54) is 6.26 Å². The number of furan rings is 1. The molecular weight excluding hydrogens is 258 g/mol. The third-order valence-corrected chi connectivity index (χ3v) is 3.45. The van der Waals surface area contributed by atoms with Crippen molar-refractivity contribution in [3.05, 3.63) is 24.2 Å². The van der Waals surface area contributed by atoms with Crippen LogP contribution in [0.2, 0.25) is 0 Å². The number of nitrogens with one attached hydrogen (secondary N) is 3. The van der Waals surface area contributed by atoms with Crippen LogP contribution in [0.25, 0.3) is 0 Å². The van der Waals surface area contributed by atoms with Crippen LogP contribution in [0.1, 0.15) is 30.3 Å². The van der Waals surface area contributed by atoms with Crippen molar-refractivity contribution in [2.24, 2.45) is 5.92 Å². The van der Waals surface area contributed by atoms with Crippen LogP contribution in [-0.4, -0.2) is 37.5 Å². The Kier molecular flexibility index (Phi) is 5.17. The first-order chi connectivity index (χ1) is 9.66. The summed E-state index contributed by atoms with van der Waals surface area (Å²) in [4.78, 5) is 23.6. The largest absolute Gasteiger partial charge is 0.459 e. The first-order valence-electron chi connectivity index (χ1n) is 6.99. The Morgan fingerprint density at radius 3 is 3.05 bits per heavy atom. The van der Waals surface area contributed by atoms with Crippen molar-refractivity contribution >= 4 is 11.8 Å². The van der Waals surface area contributed by atoms with Gasteiger partial charge in [-0.1, -0.05) is 0 Å². The van der Waals surface area contributed by atoms with Crippen LogP contribution < -0.4 is 16.0 Å². The first kappa shape index (κ1) is 14.6. The smallest absolute Gasteiger partial charge is 0.287 e. The maximum atomic E-state index is 11.9. The van der Waals surface area contributed by atoms with Crippen molar-refractivity contribution in [1.29, 1.82) is 0 Å². The summed E-state index contributed by atoms with van der Waals surface area (Å²) < 4.78 is 4.98. The summed E-state index contributed by atoms with van der Waals surface area (Å²) >= 11 is 0. The summed E-state index contributed by atoms with van der Waals surface area (Å²) in [5.74, 6) is 0.134. The zero-order chi connectivity index (χ0) is 14.4. The summed E-state index contributed by atoms with van der Waals surface area (Å²) in [5, 5.41) is 8.79. The molecule has 0 bridgehead atoms. The van der Waals surface area contributed by atoms with Crippen LogP contribution in [0, 0.1) is 5.92 Å². The summed E-state index contributed by atoms with van der Waals surface area (Å²) in [6, 6.07) is 2.62. The lowest BCUT2D eigenvalue weighted by Gasteiger charge is -2.23. The van der Waals surface area contributed by atoms with Gasteiger partial charge >= 0.3 is 0 Å². The summed E-state index contributed by atoms with van der Waals surface area (Å²) in [7, 11) is 0. The minimum Gasteiger partial charge on any atom is -0.459 e. The van der Waals surface area contributed by atoms with E-state index in [0.29, 0.717) is 12.5 Å². The van der Waals surface area contributed by atoms with Crippen molar-refractivity contribution in [2.45, 2.75) is 25.8 Å². The van der Waals surface area contributed by atoms with E-state index in [-0.39, 0.29) is 17.6 Å². The number of hydrogen-bond acceptors (Lipinski definition) is 4. The van der Waals surface area contributed by atoms with E-state index in [2.05, 4.69) is 16.0 Å². The zero-order valence-electron chi connectivity index (χ0n) is 11.6. The lowest BCUT2D eigenvalue weighted by atomic mass is 10.00. The molecule has 2 heterocycles.